The largest absolute Gasteiger partial charge is 0.508 e. The van der Waals surface area contributed by atoms with Crippen molar-refractivity contribution in [2.45, 2.75) is 18.9 Å². The van der Waals surface area contributed by atoms with Crippen LogP contribution in [0.3, 0.4) is 0 Å². The Morgan fingerprint density at radius 3 is 2.50 bits per heavy atom. The van der Waals surface area contributed by atoms with Crippen molar-refractivity contribution < 1.29 is 19.8 Å². The standard InChI is InChI=1S/C11H11NO4/c13-9-3-1-7(2-4-9)12-8(5-10(12)14)6-11(15)16/h1-4,8,13H,5-6H2,(H,15,16). The molecule has 0 radical (unpaired) electrons. The minimum absolute atomic E-state index is 0.0490. The highest BCUT2D eigenvalue weighted by atomic mass is 16.4. The Bertz CT molecular complexity index is 426. The predicted molar refractivity (Wildman–Crippen MR) is 56.3 cm³/mol. The van der Waals surface area contributed by atoms with Crippen LogP contribution in [0.25, 0.3) is 0 Å². The molecule has 16 heavy (non-hydrogen) atoms. The van der Waals surface area contributed by atoms with Gasteiger partial charge in [0.1, 0.15) is 5.75 Å². The Hall–Kier alpha value is -2.04. The second kappa shape index (κ2) is 3.84. The van der Waals surface area contributed by atoms with E-state index in [9.17, 15) is 9.59 Å². The maximum absolute atomic E-state index is 11.4. The van der Waals surface area contributed by atoms with Crippen molar-refractivity contribution in [3.05, 3.63) is 24.3 Å². The first-order valence-corrected chi connectivity index (χ1v) is 4.91. The molecule has 2 N–H and O–H groups in total. The second-order valence-electron chi connectivity index (χ2n) is 3.74. The third kappa shape index (κ3) is 1.84. The van der Waals surface area contributed by atoms with E-state index < -0.39 is 5.97 Å². The van der Waals surface area contributed by atoms with Crippen molar-refractivity contribution in [1.29, 1.82) is 0 Å². The normalized spacial score (nSPS) is 19.4. The molecule has 0 bridgehead atoms. The van der Waals surface area contributed by atoms with E-state index >= 15 is 0 Å². The highest BCUT2D eigenvalue weighted by Crippen LogP contribution is 2.30. The van der Waals surface area contributed by atoms with Crippen LogP contribution in [0, 0.1) is 0 Å². The van der Waals surface area contributed by atoms with Gasteiger partial charge in [0, 0.05) is 12.1 Å². The highest BCUT2D eigenvalue weighted by Gasteiger charge is 2.38. The summed E-state index contributed by atoms with van der Waals surface area (Å²) >= 11 is 0. The minimum Gasteiger partial charge on any atom is -0.508 e. The average Bonchev–Trinajstić information content (AvgIpc) is 2.20. The predicted octanol–water partition coefficient (Wildman–Crippen LogP) is 0.972. The second-order valence-corrected chi connectivity index (χ2v) is 3.74. The zero-order valence-corrected chi connectivity index (χ0v) is 8.46. The number of amides is 1. The molecule has 1 aliphatic heterocycles. The van der Waals surface area contributed by atoms with Crippen molar-refractivity contribution in [3.8, 4) is 5.75 Å². The molecular formula is C11H11NO4. The number of carbonyl (C=O) groups excluding carboxylic acids is 1. The molecule has 1 unspecified atom stereocenters. The number of phenolic OH excluding ortho intramolecular Hbond substituents is 1. The molecule has 5 heteroatoms. The fraction of sp³-hybridized carbons (Fsp3) is 0.273. The maximum atomic E-state index is 11.4. The number of carboxylic acid groups (broad SMARTS) is 1. The van der Waals surface area contributed by atoms with Crippen molar-refractivity contribution in [2.75, 3.05) is 4.90 Å². The van der Waals surface area contributed by atoms with Crippen molar-refractivity contribution in [2.24, 2.45) is 0 Å². The SMILES string of the molecule is O=C(O)CC1CC(=O)N1c1ccc(O)cc1. The van der Waals surface area contributed by atoms with E-state index in [0.29, 0.717) is 5.69 Å². The van der Waals surface area contributed by atoms with Gasteiger partial charge in [-0.1, -0.05) is 0 Å². The fourth-order valence-electron chi connectivity index (χ4n) is 1.82. The molecule has 1 fully saturated rings. The number of carbonyl (C=O) groups is 2. The highest BCUT2D eigenvalue weighted by molar-refractivity contribution is 6.01. The van der Waals surface area contributed by atoms with Gasteiger partial charge in [-0.15, -0.1) is 0 Å². The lowest BCUT2D eigenvalue weighted by Crippen LogP contribution is -2.53. The topological polar surface area (TPSA) is 77.8 Å². The Balaban J connectivity index is 2.15. The van der Waals surface area contributed by atoms with Crippen LogP contribution >= 0.6 is 0 Å². The molecule has 0 aliphatic carbocycles. The van der Waals surface area contributed by atoms with E-state index in [0.717, 1.165) is 0 Å². The lowest BCUT2D eigenvalue weighted by atomic mass is 9.97. The van der Waals surface area contributed by atoms with E-state index in [1.165, 1.54) is 17.0 Å². The molecule has 1 heterocycles. The molecule has 1 aliphatic rings. The molecule has 1 saturated heterocycles. The Kier molecular flexibility index (Phi) is 2.52. The number of hydrogen-bond donors (Lipinski definition) is 2. The lowest BCUT2D eigenvalue weighted by molar-refractivity contribution is -0.138. The quantitative estimate of drug-likeness (QED) is 0.745. The molecule has 1 aromatic rings. The fourth-order valence-corrected chi connectivity index (χ4v) is 1.82. The van der Waals surface area contributed by atoms with Crippen molar-refractivity contribution >= 4 is 17.6 Å². The number of carboxylic acids is 1. The zero-order chi connectivity index (χ0) is 11.7. The van der Waals surface area contributed by atoms with Gasteiger partial charge in [0.25, 0.3) is 0 Å². The zero-order valence-electron chi connectivity index (χ0n) is 8.46. The summed E-state index contributed by atoms with van der Waals surface area (Å²) in [5, 5.41) is 17.8. The first kappa shape index (κ1) is 10.5. The van der Waals surface area contributed by atoms with Crippen LogP contribution in [-0.4, -0.2) is 28.1 Å². The summed E-state index contributed by atoms with van der Waals surface area (Å²) in [5.41, 5.74) is 0.625. The Morgan fingerprint density at radius 2 is 2.00 bits per heavy atom. The number of benzene rings is 1. The third-order valence-electron chi connectivity index (χ3n) is 2.58. The average molecular weight is 221 g/mol. The number of aromatic hydroxyl groups is 1. The lowest BCUT2D eigenvalue weighted by Gasteiger charge is -2.39. The van der Waals surface area contributed by atoms with Crippen LogP contribution in [0.2, 0.25) is 0 Å². The van der Waals surface area contributed by atoms with Crippen LogP contribution in [0.4, 0.5) is 5.69 Å². The van der Waals surface area contributed by atoms with Crippen LogP contribution in [0.5, 0.6) is 5.75 Å². The maximum Gasteiger partial charge on any atom is 0.305 e. The third-order valence-corrected chi connectivity index (χ3v) is 2.58. The Labute approximate surface area is 91.9 Å². The van der Waals surface area contributed by atoms with Gasteiger partial charge in [-0.05, 0) is 24.3 Å². The summed E-state index contributed by atoms with van der Waals surface area (Å²) in [6.45, 7) is 0. The van der Waals surface area contributed by atoms with Gasteiger partial charge < -0.3 is 15.1 Å². The summed E-state index contributed by atoms with van der Waals surface area (Å²) in [6.07, 6.45) is 0.222. The number of anilines is 1. The summed E-state index contributed by atoms with van der Waals surface area (Å²) in [5.74, 6) is -0.885. The number of hydrogen-bond acceptors (Lipinski definition) is 3. The van der Waals surface area contributed by atoms with Gasteiger partial charge in [0.05, 0.1) is 12.5 Å². The molecule has 0 spiro atoms. The van der Waals surface area contributed by atoms with Crippen LogP contribution < -0.4 is 4.90 Å². The van der Waals surface area contributed by atoms with E-state index in [4.69, 9.17) is 10.2 Å². The summed E-state index contributed by atoms with van der Waals surface area (Å²) in [6, 6.07) is 5.87. The minimum atomic E-state index is -0.915. The van der Waals surface area contributed by atoms with E-state index in [1.807, 2.05) is 0 Å². The monoisotopic (exact) mass is 221 g/mol. The van der Waals surface area contributed by atoms with Crippen LogP contribution in [-0.2, 0) is 9.59 Å². The van der Waals surface area contributed by atoms with Crippen LogP contribution in [0.15, 0.2) is 24.3 Å². The molecule has 2 rings (SSSR count). The number of rotatable bonds is 3. The number of aliphatic carboxylic acids is 1. The van der Waals surface area contributed by atoms with Gasteiger partial charge >= 0.3 is 5.97 Å². The number of nitrogens with zero attached hydrogens (tertiary/aromatic N) is 1. The first-order chi connectivity index (χ1) is 7.58. The van der Waals surface area contributed by atoms with Gasteiger partial charge in [-0.25, -0.2) is 0 Å². The molecule has 1 atom stereocenters. The number of phenols is 1. The van der Waals surface area contributed by atoms with Gasteiger partial charge in [-0.3, -0.25) is 9.59 Å². The molecule has 1 aromatic carbocycles. The van der Waals surface area contributed by atoms with E-state index in [-0.39, 0.29) is 30.5 Å². The number of β-lactam (4-membered cyclic amide) rings is 1. The molecular weight excluding hydrogens is 210 g/mol. The van der Waals surface area contributed by atoms with E-state index in [1.54, 1.807) is 12.1 Å². The Morgan fingerprint density at radius 1 is 1.38 bits per heavy atom. The smallest absolute Gasteiger partial charge is 0.305 e. The van der Waals surface area contributed by atoms with Crippen molar-refractivity contribution in [1.82, 2.24) is 0 Å². The molecule has 0 aromatic heterocycles. The van der Waals surface area contributed by atoms with Crippen molar-refractivity contribution in [3.63, 3.8) is 0 Å². The molecule has 84 valence electrons. The van der Waals surface area contributed by atoms with E-state index in [2.05, 4.69) is 0 Å². The van der Waals surface area contributed by atoms with Gasteiger partial charge in [-0.2, -0.15) is 0 Å². The molecule has 0 saturated carbocycles. The summed E-state index contributed by atoms with van der Waals surface area (Å²) in [4.78, 5) is 23.4. The molecule has 1 amide bonds. The molecule has 5 nitrogen and oxygen atoms in total. The van der Waals surface area contributed by atoms with Gasteiger partial charge in [0.15, 0.2) is 0 Å². The van der Waals surface area contributed by atoms with Gasteiger partial charge in [0.2, 0.25) is 5.91 Å². The summed E-state index contributed by atoms with van der Waals surface area (Å²) in [7, 11) is 0. The van der Waals surface area contributed by atoms with Crippen LogP contribution in [0.1, 0.15) is 12.8 Å². The summed E-state index contributed by atoms with van der Waals surface area (Å²) < 4.78 is 0. The first-order valence-electron chi connectivity index (χ1n) is 4.91.